The molecule has 176 valence electrons. The van der Waals surface area contributed by atoms with Crippen LogP contribution in [0.25, 0.3) is 0 Å². The van der Waals surface area contributed by atoms with Crippen molar-refractivity contribution in [1.82, 2.24) is 10.6 Å². The Hall–Kier alpha value is -3.88. The Bertz CT molecular complexity index is 919. The van der Waals surface area contributed by atoms with E-state index >= 15 is 0 Å². The number of methoxy groups -OCH3 is 2. The number of esters is 2. The lowest BCUT2D eigenvalue weighted by Gasteiger charge is -2.22. The SMILES string of the molecule is COC(=O)CC[C@@H](NC(=O)[C@H](Cc1ccccc1)NC(=O)OCc1ccccc1)C(=O)OC. The van der Waals surface area contributed by atoms with Crippen LogP contribution >= 0.6 is 0 Å². The summed E-state index contributed by atoms with van der Waals surface area (Å²) in [7, 11) is 2.41. The molecular formula is C24H28N2O7. The van der Waals surface area contributed by atoms with Crippen LogP contribution in [0.1, 0.15) is 24.0 Å². The van der Waals surface area contributed by atoms with Gasteiger partial charge in [0.2, 0.25) is 5.91 Å². The second kappa shape index (κ2) is 13.5. The summed E-state index contributed by atoms with van der Waals surface area (Å²) in [5.74, 6) is -1.85. The monoisotopic (exact) mass is 456 g/mol. The third-order valence-corrected chi connectivity index (χ3v) is 4.77. The van der Waals surface area contributed by atoms with Crippen molar-refractivity contribution in [2.75, 3.05) is 14.2 Å². The van der Waals surface area contributed by atoms with Crippen molar-refractivity contribution >= 4 is 23.9 Å². The van der Waals surface area contributed by atoms with E-state index in [0.717, 1.165) is 11.1 Å². The average Bonchev–Trinajstić information content (AvgIpc) is 2.85. The lowest BCUT2D eigenvalue weighted by molar-refractivity contribution is -0.146. The van der Waals surface area contributed by atoms with Gasteiger partial charge in [-0.1, -0.05) is 60.7 Å². The number of alkyl carbamates (subject to hydrolysis) is 1. The second-order valence-corrected chi connectivity index (χ2v) is 7.15. The minimum absolute atomic E-state index is 0.0123. The smallest absolute Gasteiger partial charge is 0.408 e. The van der Waals surface area contributed by atoms with E-state index in [1.54, 1.807) is 0 Å². The van der Waals surface area contributed by atoms with Crippen molar-refractivity contribution in [2.45, 2.75) is 38.0 Å². The normalized spacial score (nSPS) is 12.1. The minimum atomic E-state index is -1.08. The lowest BCUT2D eigenvalue weighted by atomic mass is 10.0. The maximum Gasteiger partial charge on any atom is 0.408 e. The summed E-state index contributed by atoms with van der Waals surface area (Å²) in [5.41, 5.74) is 1.59. The summed E-state index contributed by atoms with van der Waals surface area (Å²) >= 11 is 0. The molecule has 2 amide bonds. The van der Waals surface area contributed by atoms with Gasteiger partial charge < -0.3 is 24.8 Å². The zero-order valence-electron chi connectivity index (χ0n) is 18.6. The molecule has 0 unspecified atom stereocenters. The zero-order chi connectivity index (χ0) is 24.1. The van der Waals surface area contributed by atoms with Gasteiger partial charge >= 0.3 is 18.0 Å². The molecule has 2 atom stereocenters. The number of amides is 2. The molecule has 2 rings (SSSR count). The zero-order valence-corrected chi connectivity index (χ0v) is 18.6. The molecule has 0 radical (unpaired) electrons. The van der Waals surface area contributed by atoms with E-state index in [2.05, 4.69) is 15.4 Å². The molecule has 33 heavy (non-hydrogen) atoms. The van der Waals surface area contributed by atoms with E-state index in [1.165, 1.54) is 14.2 Å². The van der Waals surface area contributed by atoms with Gasteiger partial charge in [-0.25, -0.2) is 9.59 Å². The molecular weight excluding hydrogens is 428 g/mol. The van der Waals surface area contributed by atoms with Crippen LogP contribution in [0, 0.1) is 0 Å². The third kappa shape index (κ3) is 9.02. The Morgan fingerprint density at radius 3 is 1.97 bits per heavy atom. The number of hydrogen-bond acceptors (Lipinski definition) is 7. The van der Waals surface area contributed by atoms with E-state index in [9.17, 15) is 19.2 Å². The number of ether oxygens (including phenoxy) is 3. The maximum absolute atomic E-state index is 13.0. The first-order valence-electron chi connectivity index (χ1n) is 10.4. The molecule has 0 aliphatic heterocycles. The van der Waals surface area contributed by atoms with Gasteiger partial charge in [0.15, 0.2) is 0 Å². The number of carbonyl (C=O) groups excluding carboxylic acids is 4. The number of nitrogens with one attached hydrogen (secondary N) is 2. The highest BCUT2D eigenvalue weighted by atomic mass is 16.5. The van der Waals surface area contributed by atoms with Gasteiger partial charge in [0.1, 0.15) is 18.7 Å². The van der Waals surface area contributed by atoms with Crippen LogP contribution in [0.2, 0.25) is 0 Å². The van der Waals surface area contributed by atoms with Crippen LogP contribution in [-0.2, 0) is 41.6 Å². The molecule has 2 N–H and O–H groups in total. The number of rotatable bonds is 11. The Morgan fingerprint density at radius 2 is 1.39 bits per heavy atom. The van der Waals surface area contributed by atoms with Crippen LogP contribution in [0.4, 0.5) is 4.79 Å². The summed E-state index contributed by atoms with van der Waals surface area (Å²) < 4.78 is 14.5. The van der Waals surface area contributed by atoms with Gasteiger partial charge in [-0.05, 0) is 17.5 Å². The molecule has 9 nitrogen and oxygen atoms in total. The molecule has 0 aliphatic rings. The molecule has 0 spiro atoms. The predicted octanol–water partition coefficient (Wildman–Crippen LogP) is 2.14. The van der Waals surface area contributed by atoms with Gasteiger partial charge in [-0.15, -0.1) is 0 Å². The maximum atomic E-state index is 13.0. The van der Waals surface area contributed by atoms with Crippen LogP contribution < -0.4 is 10.6 Å². The van der Waals surface area contributed by atoms with Crippen LogP contribution in [-0.4, -0.2) is 50.2 Å². The topological polar surface area (TPSA) is 120 Å². The van der Waals surface area contributed by atoms with Crippen molar-refractivity contribution in [3.05, 3.63) is 71.8 Å². The summed E-state index contributed by atoms with van der Waals surface area (Å²) in [6, 6.07) is 16.1. The molecule has 0 heterocycles. The van der Waals surface area contributed by atoms with Gasteiger partial charge in [0, 0.05) is 12.8 Å². The van der Waals surface area contributed by atoms with Crippen molar-refractivity contribution in [3.8, 4) is 0 Å². The van der Waals surface area contributed by atoms with Gasteiger partial charge in [0.05, 0.1) is 14.2 Å². The van der Waals surface area contributed by atoms with E-state index in [-0.39, 0.29) is 25.9 Å². The van der Waals surface area contributed by atoms with Crippen LogP contribution in [0.15, 0.2) is 60.7 Å². The van der Waals surface area contributed by atoms with Crippen molar-refractivity contribution in [2.24, 2.45) is 0 Å². The van der Waals surface area contributed by atoms with Crippen LogP contribution in [0.5, 0.6) is 0 Å². The second-order valence-electron chi connectivity index (χ2n) is 7.15. The quantitative estimate of drug-likeness (QED) is 0.393. The average molecular weight is 456 g/mol. The summed E-state index contributed by atoms with van der Waals surface area (Å²) in [6.45, 7) is 0.0380. The van der Waals surface area contributed by atoms with Gasteiger partial charge in [-0.2, -0.15) is 0 Å². The molecule has 0 saturated heterocycles. The van der Waals surface area contributed by atoms with E-state index < -0.39 is 36.0 Å². The first kappa shape index (κ1) is 25.4. The summed E-state index contributed by atoms with van der Waals surface area (Å²) in [6.07, 6.45) is -0.717. The fourth-order valence-electron chi connectivity index (χ4n) is 2.99. The molecule has 2 aromatic rings. The van der Waals surface area contributed by atoms with Crippen LogP contribution in [0.3, 0.4) is 0 Å². The van der Waals surface area contributed by atoms with Gasteiger partial charge in [-0.3, -0.25) is 9.59 Å². The highest BCUT2D eigenvalue weighted by Gasteiger charge is 2.28. The van der Waals surface area contributed by atoms with E-state index in [0.29, 0.717) is 0 Å². The van der Waals surface area contributed by atoms with E-state index in [1.807, 2.05) is 60.7 Å². The highest BCUT2D eigenvalue weighted by Crippen LogP contribution is 2.08. The molecule has 0 aliphatic carbocycles. The highest BCUT2D eigenvalue weighted by molar-refractivity contribution is 5.90. The van der Waals surface area contributed by atoms with Crippen molar-refractivity contribution in [3.63, 3.8) is 0 Å². The van der Waals surface area contributed by atoms with Crippen molar-refractivity contribution in [1.29, 1.82) is 0 Å². The first-order chi connectivity index (χ1) is 15.9. The Kier molecular flexibility index (Phi) is 10.4. The Balaban J connectivity index is 2.08. The number of benzene rings is 2. The summed E-state index contributed by atoms with van der Waals surface area (Å²) in [5, 5.41) is 5.11. The Labute approximate surface area is 192 Å². The molecule has 9 heteroatoms. The summed E-state index contributed by atoms with van der Waals surface area (Å²) in [4.78, 5) is 49.0. The molecule has 0 saturated carbocycles. The van der Waals surface area contributed by atoms with E-state index in [4.69, 9.17) is 9.47 Å². The Morgan fingerprint density at radius 1 is 0.788 bits per heavy atom. The fourth-order valence-corrected chi connectivity index (χ4v) is 2.99. The lowest BCUT2D eigenvalue weighted by Crippen LogP contribution is -2.52. The van der Waals surface area contributed by atoms with Gasteiger partial charge in [0.25, 0.3) is 0 Å². The molecule has 0 aromatic heterocycles. The predicted molar refractivity (Wildman–Crippen MR) is 119 cm³/mol. The first-order valence-corrected chi connectivity index (χ1v) is 10.4. The third-order valence-electron chi connectivity index (χ3n) is 4.77. The largest absolute Gasteiger partial charge is 0.469 e. The molecule has 0 fully saturated rings. The fraction of sp³-hybridized carbons (Fsp3) is 0.333. The standard InChI is InChI=1S/C24H28N2O7/c1-31-21(27)14-13-19(23(29)32-2)25-22(28)20(15-17-9-5-3-6-10-17)26-24(30)33-16-18-11-7-4-8-12-18/h3-12,19-20H,13-16H2,1-2H3,(H,25,28)(H,26,30)/t19-,20+/m1/s1. The number of hydrogen-bond donors (Lipinski definition) is 2. The van der Waals surface area contributed by atoms with Crippen molar-refractivity contribution < 1.29 is 33.4 Å². The number of carbonyl (C=O) groups is 4. The minimum Gasteiger partial charge on any atom is -0.469 e. The molecule has 0 bridgehead atoms. The molecule has 2 aromatic carbocycles.